The number of alkyl halides is 3. The zero-order chi connectivity index (χ0) is 15.8. The van der Waals surface area contributed by atoms with Crippen molar-refractivity contribution in [2.45, 2.75) is 41.6 Å². The molecule has 1 heterocycles. The summed E-state index contributed by atoms with van der Waals surface area (Å²) in [5, 5.41) is 3.87. The molecule has 0 spiro atoms. The number of halogens is 4. The maximum absolute atomic E-state index is 12.6. The van der Waals surface area contributed by atoms with E-state index in [-0.39, 0.29) is 12.4 Å². The first-order chi connectivity index (χ1) is 10.4. The lowest BCUT2D eigenvalue weighted by molar-refractivity contribution is -0.137. The normalized spacial score (nSPS) is 16.5. The van der Waals surface area contributed by atoms with E-state index in [4.69, 9.17) is 10.3 Å². The first-order valence-electron chi connectivity index (χ1n) is 6.79. The number of nitrogens with zero attached hydrogens (tertiary/aromatic N) is 2. The SMILES string of the molecule is Cl.NC1(c2noc(CSc3cccc(C(F)(F)F)c3)n2)CCC1. The van der Waals surface area contributed by atoms with Gasteiger partial charge in [-0.15, -0.1) is 24.2 Å². The Morgan fingerprint density at radius 3 is 2.65 bits per heavy atom. The average Bonchev–Trinajstić information content (AvgIpc) is 2.91. The van der Waals surface area contributed by atoms with Crippen molar-refractivity contribution in [3.63, 3.8) is 0 Å². The summed E-state index contributed by atoms with van der Waals surface area (Å²) in [4.78, 5) is 4.75. The lowest BCUT2D eigenvalue weighted by atomic mass is 9.77. The summed E-state index contributed by atoms with van der Waals surface area (Å²) in [6.07, 6.45) is -1.65. The molecule has 0 bridgehead atoms. The van der Waals surface area contributed by atoms with Gasteiger partial charge in [-0.2, -0.15) is 18.2 Å². The number of rotatable bonds is 4. The van der Waals surface area contributed by atoms with Gasteiger partial charge in [-0.25, -0.2) is 0 Å². The van der Waals surface area contributed by atoms with E-state index in [0.717, 1.165) is 31.4 Å². The van der Waals surface area contributed by atoms with Crippen molar-refractivity contribution >= 4 is 24.2 Å². The summed E-state index contributed by atoms with van der Waals surface area (Å²) in [7, 11) is 0. The monoisotopic (exact) mass is 365 g/mol. The molecule has 0 unspecified atom stereocenters. The van der Waals surface area contributed by atoms with Crippen LogP contribution in [-0.4, -0.2) is 10.1 Å². The highest BCUT2D eigenvalue weighted by molar-refractivity contribution is 7.98. The van der Waals surface area contributed by atoms with Crippen molar-refractivity contribution < 1.29 is 17.7 Å². The molecule has 1 aliphatic carbocycles. The van der Waals surface area contributed by atoms with E-state index in [0.29, 0.717) is 22.4 Å². The molecule has 1 aromatic heterocycles. The minimum absolute atomic E-state index is 0. The minimum Gasteiger partial charge on any atom is -0.338 e. The Morgan fingerprint density at radius 2 is 2.04 bits per heavy atom. The number of hydrogen-bond acceptors (Lipinski definition) is 5. The molecule has 2 aromatic rings. The van der Waals surface area contributed by atoms with Crippen LogP contribution in [0.4, 0.5) is 13.2 Å². The Balaban J connectivity index is 0.00000192. The quantitative estimate of drug-likeness (QED) is 0.825. The molecule has 0 atom stereocenters. The maximum atomic E-state index is 12.6. The molecular formula is C14H15ClF3N3OS. The molecule has 23 heavy (non-hydrogen) atoms. The molecule has 0 radical (unpaired) electrons. The van der Waals surface area contributed by atoms with Crippen LogP contribution < -0.4 is 5.73 Å². The van der Waals surface area contributed by atoms with E-state index >= 15 is 0 Å². The van der Waals surface area contributed by atoms with Crippen LogP contribution in [0.15, 0.2) is 33.7 Å². The lowest BCUT2D eigenvalue weighted by Gasteiger charge is -2.34. The van der Waals surface area contributed by atoms with Gasteiger partial charge in [0.2, 0.25) is 5.89 Å². The molecule has 1 fully saturated rings. The van der Waals surface area contributed by atoms with Crippen molar-refractivity contribution in [1.82, 2.24) is 10.1 Å². The van der Waals surface area contributed by atoms with E-state index in [2.05, 4.69) is 10.1 Å². The van der Waals surface area contributed by atoms with Gasteiger partial charge in [-0.1, -0.05) is 11.2 Å². The van der Waals surface area contributed by atoms with Crippen molar-refractivity contribution in [1.29, 1.82) is 0 Å². The Bertz CT molecular complexity index is 673. The summed E-state index contributed by atoms with van der Waals surface area (Å²) in [5.74, 6) is 1.16. The summed E-state index contributed by atoms with van der Waals surface area (Å²) in [6.45, 7) is 0. The molecular weight excluding hydrogens is 351 g/mol. The van der Waals surface area contributed by atoms with E-state index < -0.39 is 17.3 Å². The second-order valence-corrected chi connectivity index (χ2v) is 6.38. The largest absolute Gasteiger partial charge is 0.416 e. The molecule has 1 aliphatic rings. The van der Waals surface area contributed by atoms with Crippen LogP contribution in [0.5, 0.6) is 0 Å². The van der Waals surface area contributed by atoms with Crippen LogP contribution in [0.25, 0.3) is 0 Å². The zero-order valence-electron chi connectivity index (χ0n) is 12.0. The van der Waals surface area contributed by atoms with Gasteiger partial charge in [0.25, 0.3) is 0 Å². The van der Waals surface area contributed by atoms with Crippen LogP contribution in [0.1, 0.15) is 36.5 Å². The Kier molecular flexibility index (Phi) is 5.27. The summed E-state index contributed by atoms with van der Waals surface area (Å²) in [6, 6.07) is 5.16. The second-order valence-electron chi connectivity index (χ2n) is 5.34. The smallest absolute Gasteiger partial charge is 0.338 e. The van der Waals surface area contributed by atoms with Crippen LogP contribution >= 0.6 is 24.2 Å². The van der Waals surface area contributed by atoms with E-state index in [1.165, 1.54) is 17.8 Å². The number of benzene rings is 1. The molecule has 3 rings (SSSR count). The maximum Gasteiger partial charge on any atom is 0.416 e. The number of hydrogen-bond donors (Lipinski definition) is 1. The topological polar surface area (TPSA) is 64.9 Å². The van der Waals surface area contributed by atoms with E-state index in [1.807, 2.05) is 0 Å². The fourth-order valence-electron chi connectivity index (χ4n) is 2.20. The molecule has 0 aliphatic heterocycles. The molecule has 1 saturated carbocycles. The van der Waals surface area contributed by atoms with E-state index in [9.17, 15) is 13.2 Å². The van der Waals surface area contributed by atoms with Gasteiger partial charge >= 0.3 is 6.18 Å². The van der Waals surface area contributed by atoms with Crippen molar-refractivity contribution in [2.24, 2.45) is 5.73 Å². The Morgan fingerprint density at radius 1 is 1.30 bits per heavy atom. The fourth-order valence-corrected chi connectivity index (χ4v) is 3.00. The van der Waals surface area contributed by atoms with Crippen molar-refractivity contribution in [3.05, 3.63) is 41.5 Å². The lowest BCUT2D eigenvalue weighted by Crippen LogP contribution is -2.44. The molecule has 0 saturated heterocycles. The average molecular weight is 366 g/mol. The highest BCUT2D eigenvalue weighted by Crippen LogP contribution is 2.37. The summed E-state index contributed by atoms with van der Waals surface area (Å²) >= 11 is 1.22. The molecule has 126 valence electrons. The molecule has 0 amide bonds. The van der Waals surface area contributed by atoms with Gasteiger partial charge in [-0.05, 0) is 37.5 Å². The predicted octanol–water partition coefficient (Wildman–Crippen LogP) is 4.14. The van der Waals surface area contributed by atoms with Crippen molar-refractivity contribution in [2.75, 3.05) is 0 Å². The molecule has 9 heteroatoms. The zero-order valence-corrected chi connectivity index (χ0v) is 13.6. The Hall–Kier alpha value is -1.25. The standard InChI is InChI=1S/C14H14F3N3OS.ClH/c15-14(16,17)9-3-1-4-10(7-9)22-8-11-19-12(20-21-11)13(18)5-2-6-13;/h1,3-4,7H,2,5-6,8,18H2;1H. The number of aromatic nitrogens is 2. The van der Waals surface area contributed by atoms with E-state index in [1.54, 1.807) is 6.07 Å². The van der Waals surface area contributed by atoms with Crippen LogP contribution in [0, 0.1) is 0 Å². The first kappa shape index (κ1) is 18.1. The van der Waals surface area contributed by atoms with Crippen molar-refractivity contribution in [3.8, 4) is 0 Å². The fraction of sp³-hybridized carbons (Fsp3) is 0.429. The number of nitrogens with two attached hydrogens (primary N) is 1. The predicted molar refractivity (Wildman–Crippen MR) is 82.3 cm³/mol. The molecule has 1 aromatic carbocycles. The van der Waals surface area contributed by atoms with Gasteiger partial charge in [0.1, 0.15) is 0 Å². The third kappa shape index (κ3) is 3.99. The van der Waals surface area contributed by atoms with Gasteiger partial charge in [0, 0.05) is 4.90 Å². The highest BCUT2D eigenvalue weighted by Gasteiger charge is 2.39. The van der Waals surface area contributed by atoms with Gasteiger partial charge < -0.3 is 10.3 Å². The molecule has 2 N–H and O–H groups in total. The number of thioether (sulfide) groups is 1. The first-order valence-corrected chi connectivity index (χ1v) is 7.77. The minimum atomic E-state index is -4.34. The highest BCUT2D eigenvalue weighted by atomic mass is 35.5. The van der Waals surface area contributed by atoms with Gasteiger partial charge in [-0.3, -0.25) is 0 Å². The summed E-state index contributed by atoms with van der Waals surface area (Å²) in [5.41, 5.74) is 4.93. The van der Waals surface area contributed by atoms with Crippen LogP contribution in [0.2, 0.25) is 0 Å². The third-order valence-electron chi connectivity index (χ3n) is 3.68. The van der Waals surface area contributed by atoms with Gasteiger partial charge in [0.15, 0.2) is 5.82 Å². The van der Waals surface area contributed by atoms with Crippen LogP contribution in [0.3, 0.4) is 0 Å². The molecule has 4 nitrogen and oxygen atoms in total. The van der Waals surface area contributed by atoms with Gasteiger partial charge in [0.05, 0.1) is 16.9 Å². The second kappa shape index (κ2) is 6.70. The Labute approximate surface area is 141 Å². The van der Waals surface area contributed by atoms with Crippen LogP contribution in [-0.2, 0) is 17.5 Å². The summed E-state index contributed by atoms with van der Waals surface area (Å²) < 4.78 is 43.1. The third-order valence-corrected chi connectivity index (χ3v) is 4.66.